The molecule has 0 unspecified atom stereocenters. The molecule has 0 fully saturated rings. The lowest BCUT2D eigenvalue weighted by Gasteiger charge is -2.19. The number of rotatable bonds is 7. The van der Waals surface area contributed by atoms with Gasteiger partial charge in [-0.1, -0.05) is 13.0 Å². The van der Waals surface area contributed by atoms with Crippen LogP contribution >= 0.6 is 0 Å². The number of benzene rings is 1. The number of likely N-dealkylation sites (N-methyl/N-ethyl adjacent to an activating group) is 1. The average molecular weight is 268 g/mol. The highest BCUT2D eigenvalue weighted by molar-refractivity contribution is 5.71. The average Bonchev–Trinajstić information content (AvgIpc) is 2.37. The van der Waals surface area contributed by atoms with E-state index in [2.05, 4.69) is 0 Å². The molecule has 1 rings (SSSR count). The third-order valence-corrected chi connectivity index (χ3v) is 2.76. The predicted octanol–water partition coefficient (Wildman–Crippen LogP) is 1.67. The van der Waals surface area contributed by atoms with E-state index in [1.807, 2.05) is 17.9 Å². The molecule has 0 bridgehead atoms. The summed E-state index contributed by atoms with van der Waals surface area (Å²) in [6, 6.07) is 4.75. The van der Waals surface area contributed by atoms with E-state index < -0.39 is 0 Å². The third-order valence-electron chi connectivity index (χ3n) is 2.76. The lowest BCUT2D eigenvalue weighted by Crippen LogP contribution is -2.30. The highest BCUT2D eigenvalue weighted by Crippen LogP contribution is 2.11. The van der Waals surface area contributed by atoms with Gasteiger partial charge in [-0.25, -0.2) is 4.39 Å². The summed E-state index contributed by atoms with van der Waals surface area (Å²) in [4.78, 5) is 13.3. The van der Waals surface area contributed by atoms with Crippen LogP contribution in [0.25, 0.3) is 0 Å². The molecule has 1 aromatic rings. The van der Waals surface area contributed by atoms with Crippen molar-refractivity contribution in [2.24, 2.45) is 5.73 Å². The summed E-state index contributed by atoms with van der Waals surface area (Å²) in [6.45, 7) is 5.78. The fourth-order valence-electron chi connectivity index (χ4n) is 1.85. The SMILES string of the molecule is CCOC(=O)CN(CC)Cc1cc(F)cc(CN)c1. The molecule has 19 heavy (non-hydrogen) atoms. The molecule has 4 nitrogen and oxygen atoms in total. The van der Waals surface area contributed by atoms with Crippen LogP contribution in [-0.4, -0.2) is 30.6 Å². The van der Waals surface area contributed by atoms with Crippen molar-refractivity contribution in [1.29, 1.82) is 0 Å². The van der Waals surface area contributed by atoms with Crippen LogP contribution in [0.2, 0.25) is 0 Å². The van der Waals surface area contributed by atoms with E-state index in [4.69, 9.17) is 10.5 Å². The van der Waals surface area contributed by atoms with Crippen molar-refractivity contribution in [2.75, 3.05) is 19.7 Å². The van der Waals surface area contributed by atoms with Gasteiger partial charge in [-0.2, -0.15) is 0 Å². The van der Waals surface area contributed by atoms with Gasteiger partial charge in [0.25, 0.3) is 0 Å². The first-order valence-electron chi connectivity index (χ1n) is 6.45. The Kier molecular flexibility index (Phi) is 6.45. The highest BCUT2D eigenvalue weighted by Gasteiger charge is 2.11. The minimum Gasteiger partial charge on any atom is -0.465 e. The van der Waals surface area contributed by atoms with Crippen molar-refractivity contribution < 1.29 is 13.9 Å². The minimum absolute atomic E-state index is 0.207. The molecule has 0 aliphatic heterocycles. The van der Waals surface area contributed by atoms with Crippen molar-refractivity contribution in [3.63, 3.8) is 0 Å². The normalized spacial score (nSPS) is 10.8. The van der Waals surface area contributed by atoms with Crippen molar-refractivity contribution >= 4 is 5.97 Å². The lowest BCUT2D eigenvalue weighted by molar-refractivity contribution is -0.144. The first-order valence-corrected chi connectivity index (χ1v) is 6.45. The Morgan fingerprint density at radius 1 is 1.32 bits per heavy atom. The standard InChI is InChI=1S/C14H21FN2O2/c1-3-17(10-14(18)19-4-2)9-12-5-11(8-16)6-13(15)7-12/h5-7H,3-4,8-10,16H2,1-2H3. The number of esters is 1. The topological polar surface area (TPSA) is 55.6 Å². The molecule has 2 N–H and O–H groups in total. The second kappa shape index (κ2) is 7.86. The van der Waals surface area contributed by atoms with Crippen LogP contribution in [0.3, 0.4) is 0 Å². The molecule has 0 saturated heterocycles. The van der Waals surface area contributed by atoms with Crippen LogP contribution in [0.4, 0.5) is 4.39 Å². The molecule has 0 radical (unpaired) electrons. The number of nitrogens with zero attached hydrogens (tertiary/aromatic N) is 1. The van der Waals surface area contributed by atoms with Gasteiger partial charge in [0.05, 0.1) is 13.2 Å². The maximum atomic E-state index is 13.4. The summed E-state index contributed by atoms with van der Waals surface area (Å²) in [7, 11) is 0. The van der Waals surface area contributed by atoms with E-state index in [0.717, 1.165) is 11.1 Å². The Bertz CT molecular complexity index is 424. The van der Waals surface area contributed by atoms with Crippen LogP contribution in [0.5, 0.6) is 0 Å². The zero-order chi connectivity index (χ0) is 14.3. The van der Waals surface area contributed by atoms with Gasteiger partial charge < -0.3 is 10.5 Å². The van der Waals surface area contributed by atoms with Gasteiger partial charge in [0.1, 0.15) is 5.82 Å². The molecule has 106 valence electrons. The number of hydrogen-bond donors (Lipinski definition) is 1. The second-order valence-electron chi connectivity index (χ2n) is 4.28. The first-order chi connectivity index (χ1) is 9.08. The summed E-state index contributed by atoms with van der Waals surface area (Å²) in [5, 5.41) is 0. The molecule has 0 aromatic heterocycles. The number of carbonyl (C=O) groups excluding carboxylic acids is 1. The zero-order valence-electron chi connectivity index (χ0n) is 11.5. The van der Waals surface area contributed by atoms with Crippen molar-refractivity contribution in [3.05, 3.63) is 35.1 Å². The summed E-state index contributed by atoms with van der Waals surface area (Å²) in [5.74, 6) is -0.565. The van der Waals surface area contributed by atoms with Gasteiger partial charge >= 0.3 is 5.97 Å². The molecule has 1 aromatic carbocycles. The molecular formula is C14H21FN2O2. The first kappa shape index (κ1) is 15.6. The van der Waals surface area contributed by atoms with Crippen LogP contribution in [0, 0.1) is 5.82 Å². The largest absolute Gasteiger partial charge is 0.465 e. The molecule has 0 aliphatic rings. The molecule has 0 saturated carbocycles. The Hall–Kier alpha value is -1.46. The molecule has 0 spiro atoms. The van der Waals surface area contributed by atoms with E-state index >= 15 is 0 Å². The fraction of sp³-hybridized carbons (Fsp3) is 0.500. The van der Waals surface area contributed by atoms with Crippen molar-refractivity contribution in [3.8, 4) is 0 Å². The van der Waals surface area contributed by atoms with Crippen LogP contribution in [0.15, 0.2) is 18.2 Å². The van der Waals surface area contributed by atoms with Gasteiger partial charge in [0.2, 0.25) is 0 Å². The molecule has 0 heterocycles. The second-order valence-corrected chi connectivity index (χ2v) is 4.28. The van der Waals surface area contributed by atoms with E-state index in [1.165, 1.54) is 12.1 Å². The number of carbonyl (C=O) groups is 1. The molecular weight excluding hydrogens is 247 g/mol. The van der Waals surface area contributed by atoms with E-state index in [1.54, 1.807) is 6.92 Å². The quantitative estimate of drug-likeness (QED) is 0.764. The maximum Gasteiger partial charge on any atom is 0.320 e. The Labute approximate surface area is 113 Å². The van der Waals surface area contributed by atoms with Crippen molar-refractivity contribution in [2.45, 2.75) is 26.9 Å². The number of ether oxygens (including phenoxy) is 1. The smallest absolute Gasteiger partial charge is 0.320 e. The van der Waals surface area contributed by atoms with Gasteiger partial charge in [0.15, 0.2) is 0 Å². The molecule has 0 atom stereocenters. The van der Waals surface area contributed by atoms with Gasteiger partial charge in [-0.3, -0.25) is 9.69 Å². The Balaban J connectivity index is 2.69. The Morgan fingerprint density at radius 3 is 2.58 bits per heavy atom. The van der Waals surface area contributed by atoms with Gasteiger partial charge in [-0.15, -0.1) is 0 Å². The predicted molar refractivity (Wildman–Crippen MR) is 71.9 cm³/mol. The summed E-state index contributed by atoms with van der Waals surface area (Å²) < 4.78 is 18.3. The van der Waals surface area contributed by atoms with Crippen molar-refractivity contribution in [1.82, 2.24) is 4.90 Å². The van der Waals surface area contributed by atoms with Crippen LogP contribution < -0.4 is 5.73 Å². The number of halogens is 1. The third kappa shape index (κ3) is 5.36. The monoisotopic (exact) mass is 268 g/mol. The Morgan fingerprint density at radius 2 is 2.00 bits per heavy atom. The molecule has 0 amide bonds. The molecule has 5 heteroatoms. The summed E-state index contributed by atoms with van der Waals surface area (Å²) in [6.07, 6.45) is 0. The summed E-state index contributed by atoms with van der Waals surface area (Å²) >= 11 is 0. The highest BCUT2D eigenvalue weighted by atomic mass is 19.1. The molecule has 0 aliphatic carbocycles. The van der Waals surface area contributed by atoms with Gasteiger partial charge in [-0.05, 0) is 36.7 Å². The van der Waals surface area contributed by atoms with Crippen LogP contribution in [0.1, 0.15) is 25.0 Å². The van der Waals surface area contributed by atoms with Gasteiger partial charge in [0, 0.05) is 13.1 Å². The van der Waals surface area contributed by atoms with E-state index in [0.29, 0.717) is 26.2 Å². The number of hydrogen-bond acceptors (Lipinski definition) is 4. The fourth-order valence-corrected chi connectivity index (χ4v) is 1.85. The zero-order valence-corrected chi connectivity index (χ0v) is 11.5. The lowest BCUT2D eigenvalue weighted by atomic mass is 10.1. The van der Waals surface area contributed by atoms with Crippen LogP contribution in [-0.2, 0) is 22.6 Å². The minimum atomic E-state index is -0.301. The summed E-state index contributed by atoms with van der Waals surface area (Å²) in [5.41, 5.74) is 7.08. The maximum absolute atomic E-state index is 13.4. The van der Waals surface area contributed by atoms with E-state index in [-0.39, 0.29) is 18.3 Å². The number of nitrogens with two attached hydrogens (primary N) is 1. The van der Waals surface area contributed by atoms with E-state index in [9.17, 15) is 9.18 Å².